The molecule has 0 saturated carbocycles. The lowest BCUT2D eigenvalue weighted by Crippen LogP contribution is -2.05. The molecule has 0 radical (unpaired) electrons. The van der Waals surface area contributed by atoms with Gasteiger partial charge in [0.2, 0.25) is 0 Å². The molecule has 0 unspecified atom stereocenters. The van der Waals surface area contributed by atoms with Crippen molar-refractivity contribution in [3.8, 4) is 0 Å². The summed E-state index contributed by atoms with van der Waals surface area (Å²) in [5, 5.41) is 0. The predicted octanol–water partition coefficient (Wildman–Crippen LogP) is 2.18. The van der Waals surface area contributed by atoms with Crippen LogP contribution < -0.4 is 5.73 Å². The largest absolute Gasteiger partial charge is 0.327 e. The van der Waals surface area contributed by atoms with E-state index < -0.39 is 0 Å². The molecule has 70 valence electrons. The smallest absolute Gasteiger partial charge is 0.123 e. The molecule has 0 fully saturated rings. The second-order valence-corrected chi connectivity index (χ2v) is 2.77. The molecule has 0 saturated heterocycles. The Bertz CT molecular complexity index is 290. The van der Waals surface area contributed by atoms with Crippen LogP contribution in [0.4, 0.5) is 8.78 Å². The minimum absolute atomic E-state index is 0.188. The van der Waals surface area contributed by atoms with E-state index in [1.807, 2.05) is 0 Å². The molecule has 0 spiro atoms. The Morgan fingerprint density at radius 2 is 1.92 bits per heavy atom. The zero-order valence-corrected chi connectivity index (χ0v) is 7.13. The van der Waals surface area contributed by atoms with Gasteiger partial charge in [-0.25, -0.2) is 8.78 Å². The van der Waals surface area contributed by atoms with Crippen molar-refractivity contribution < 1.29 is 8.78 Å². The van der Waals surface area contributed by atoms with Gasteiger partial charge in [0, 0.05) is 6.54 Å². The van der Waals surface area contributed by atoms with Gasteiger partial charge >= 0.3 is 0 Å². The number of halogens is 2. The fraction of sp³-hybridized carbons (Fsp3) is 0.200. The van der Waals surface area contributed by atoms with Crippen LogP contribution in [-0.4, -0.2) is 6.54 Å². The average Bonchev–Trinajstić information content (AvgIpc) is 2.17. The molecule has 0 heterocycles. The minimum atomic E-state index is -0.290. The van der Waals surface area contributed by atoms with Gasteiger partial charge in [-0.05, 0) is 29.7 Å². The Labute approximate surface area is 75.9 Å². The molecule has 0 aliphatic heterocycles. The second-order valence-electron chi connectivity index (χ2n) is 2.77. The monoisotopic (exact) mass is 183 g/mol. The Morgan fingerprint density at radius 3 is 2.38 bits per heavy atom. The lowest BCUT2D eigenvalue weighted by molar-refractivity contribution is 0.627. The maximum Gasteiger partial charge on any atom is 0.123 e. The molecule has 0 atom stereocenters. The maximum absolute atomic E-state index is 12.5. The van der Waals surface area contributed by atoms with Gasteiger partial charge in [-0.2, -0.15) is 0 Å². The van der Waals surface area contributed by atoms with Crippen molar-refractivity contribution in [1.82, 2.24) is 0 Å². The highest BCUT2D eigenvalue weighted by Crippen LogP contribution is 2.08. The lowest BCUT2D eigenvalue weighted by atomic mass is 10.1. The molecular weight excluding hydrogens is 172 g/mol. The van der Waals surface area contributed by atoms with Crippen LogP contribution in [0, 0.1) is 5.82 Å². The van der Waals surface area contributed by atoms with E-state index >= 15 is 0 Å². The maximum atomic E-state index is 12.5. The first-order chi connectivity index (χ1) is 6.26. The number of benzene rings is 1. The van der Waals surface area contributed by atoms with Crippen LogP contribution >= 0.6 is 0 Å². The van der Waals surface area contributed by atoms with E-state index in [1.165, 1.54) is 12.1 Å². The number of hydrogen-bond acceptors (Lipinski definition) is 1. The zero-order chi connectivity index (χ0) is 9.68. The van der Waals surface area contributed by atoms with Crippen molar-refractivity contribution in [3.05, 3.63) is 47.5 Å². The van der Waals surface area contributed by atoms with Crippen molar-refractivity contribution in [3.63, 3.8) is 0 Å². The van der Waals surface area contributed by atoms with Crippen LogP contribution in [0.1, 0.15) is 5.56 Å². The third-order valence-corrected chi connectivity index (χ3v) is 1.76. The minimum Gasteiger partial charge on any atom is -0.327 e. The Morgan fingerprint density at radius 1 is 1.31 bits per heavy atom. The summed E-state index contributed by atoms with van der Waals surface area (Å²) in [5.41, 5.74) is 6.64. The molecule has 0 aromatic heterocycles. The molecule has 0 aliphatic carbocycles. The van der Waals surface area contributed by atoms with Crippen molar-refractivity contribution in [1.29, 1.82) is 0 Å². The van der Waals surface area contributed by atoms with Gasteiger partial charge in [0.05, 0.1) is 6.33 Å². The highest BCUT2D eigenvalue weighted by Gasteiger charge is 1.98. The van der Waals surface area contributed by atoms with Gasteiger partial charge in [0.25, 0.3) is 0 Å². The van der Waals surface area contributed by atoms with Gasteiger partial charge in [-0.3, -0.25) is 0 Å². The number of nitrogens with two attached hydrogens (primary N) is 1. The molecule has 13 heavy (non-hydrogen) atoms. The van der Waals surface area contributed by atoms with Gasteiger partial charge in [0.15, 0.2) is 0 Å². The van der Waals surface area contributed by atoms with Crippen LogP contribution in [0.15, 0.2) is 36.2 Å². The van der Waals surface area contributed by atoms with E-state index in [9.17, 15) is 8.78 Å². The normalized spacial score (nSPS) is 11.8. The molecule has 1 aromatic carbocycles. The van der Waals surface area contributed by atoms with Crippen LogP contribution in [0.5, 0.6) is 0 Å². The Kier molecular flexibility index (Phi) is 3.58. The molecule has 0 aliphatic rings. The Hall–Kier alpha value is -1.22. The SMILES string of the molecule is NC/C(=C/F)Cc1ccc(F)cc1. The van der Waals surface area contributed by atoms with Crippen LogP contribution in [-0.2, 0) is 6.42 Å². The van der Waals surface area contributed by atoms with Crippen molar-refractivity contribution in [2.24, 2.45) is 5.73 Å². The van der Waals surface area contributed by atoms with E-state index in [4.69, 9.17) is 5.73 Å². The lowest BCUT2D eigenvalue weighted by Gasteiger charge is -2.02. The summed E-state index contributed by atoms with van der Waals surface area (Å²) in [6.45, 7) is 0.188. The topological polar surface area (TPSA) is 26.0 Å². The molecule has 1 nitrogen and oxygen atoms in total. The predicted molar refractivity (Wildman–Crippen MR) is 48.3 cm³/mol. The van der Waals surface area contributed by atoms with Crippen molar-refractivity contribution in [2.45, 2.75) is 6.42 Å². The third-order valence-electron chi connectivity index (χ3n) is 1.76. The van der Waals surface area contributed by atoms with Gasteiger partial charge < -0.3 is 5.73 Å². The summed E-state index contributed by atoms with van der Waals surface area (Å²) in [5.74, 6) is -0.290. The summed E-state index contributed by atoms with van der Waals surface area (Å²) in [6, 6.07) is 5.94. The summed E-state index contributed by atoms with van der Waals surface area (Å²) in [6.07, 6.45) is 0.941. The highest BCUT2D eigenvalue weighted by atomic mass is 19.1. The first kappa shape index (κ1) is 9.86. The van der Waals surface area contributed by atoms with Crippen LogP contribution in [0.2, 0.25) is 0 Å². The van der Waals surface area contributed by atoms with Gasteiger partial charge in [0.1, 0.15) is 5.82 Å². The van der Waals surface area contributed by atoms with E-state index in [0.717, 1.165) is 5.56 Å². The van der Waals surface area contributed by atoms with Crippen molar-refractivity contribution >= 4 is 0 Å². The first-order valence-electron chi connectivity index (χ1n) is 3.99. The second kappa shape index (κ2) is 4.72. The summed E-state index contributed by atoms with van der Waals surface area (Å²) >= 11 is 0. The fourth-order valence-electron chi connectivity index (χ4n) is 1.02. The molecule has 0 bridgehead atoms. The molecule has 3 heteroatoms. The molecule has 0 amide bonds. The van der Waals surface area contributed by atoms with Crippen LogP contribution in [0.25, 0.3) is 0 Å². The average molecular weight is 183 g/mol. The summed E-state index contributed by atoms with van der Waals surface area (Å²) in [7, 11) is 0. The van der Waals surface area contributed by atoms with E-state index in [1.54, 1.807) is 12.1 Å². The van der Waals surface area contributed by atoms with E-state index in [2.05, 4.69) is 0 Å². The van der Waals surface area contributed by atoms with Crippen LogP contribution in [0.3, 0.4) is 0 Å². The zero-order valence-electron chi connectivity index (χ0n) is 7.13. The van der Waals surface area contributed by atoms with Crippen molar-refractivity contribution in [2.75, 3.05) is 6.54 Å². The summed E-state index contributed by atoms with van der Waals surface area (Å²) < 4.78 is 24.6. The third kappa shape index (κ3) is 2.95. The molecule has 1 aromatic rings. The highest BCUT2D eigenvalue weighted by molar-refractivity contribution is 5.22. The number of rotatable bonds is 3. The van der Waals surface area contributed by atoms with E-state index in [0.29, 0.717) is 18.3 Å². The number of hydrogen-bond donors (Lipinski definition) is 1. The standard InChI is InChI=1S/C10H11F2N/c11-6-9(7-13)5-8-1-3-10(12)4-2-8/h1-4,6H,5,7,13H2/b9-6+. The van der Waals surface area contributed by atoms with Gasteiger partial charge in [-0.15, -0.1) is 0 Å². The Balaban J connectivity index is 2.69. The molecule has 1 rings (SSSR count). The quantitative estimate of drug-likeness (QED) is 0.763. The fourth-order valence-corrected chi connectivity index (χ4v) is 1.02. The molecule has 2 N–H and O–H groups in total. The summed E-state index contributed by atoms with van der Waals surface area (Å²) in [4.78, 5) is 0. The van der Waals surface area contributed by atoms with Gasteiger partial charge in [-0.1, -0.05) is 12.1 Å². The molecular formula is C10H11F2N. The first-order valence-corrected chi connectivity index (χ1v) is 3.99. The van der Waals surface area contributed by atoms with E-state index in [-0.39, 0.29) is 12.4 Å².